The van der Waals surface area contributed by atoms with Gasteiger partial charge in [0.2, 0.25) is 0 Å². The molecule has 22 heavy (non-hydrogen) atoms. The van der Waals surface area contributed by atoms with Gasteiger partial charge in [-0.3, -0.25) is 0 Å². The van der Waals surface area contributed by atoms with E-state index in [1.165, 1.54) is 22.4 Å². The minimum absolute atomic E-state index is 1.12. The van der Waals surface area contributed by atoms with Gasteiger partial charge in [-0.2, -0.15) is 0 Å². The molecule has 2 aromatic rings. The van der Waals surface area contributed by atoms with E-state index in [0.717, 1.165) is 6.42 Å². The Labute approximate surface area is 135 Å². The summed E-state index contributed by atoms with van der Waals surface area (Å²) in [6.45, 7) is 6.76. The van der Waals surface area contributed by atoms with E-state index in [4.69, 9.17) is 0 Å². The molecule has 0 fully saturated rings. The smallest absolute Gasteiger partial charge is 0.0779 e. The number of benzene rings is 2. The first-order chi connectivity index (χ1) is 10.7. The molecule has 0 N–H and O–H groups in total. The quantitative estimate of drug-likeness (QED) is 0.735. The van der Waals surface area contributed by atoms with Gasteiger partial charge in [0.25, 0.3) is 0 Å². The second-order valence-electron chi connectivity index (χ2n) is 6.31. The van der Waals surface area contributed by atoms with E-state index in [0.29, 0.717) is 0 Å². The van der Waals surface area contributed by atoms with Crippen LogP contribution < -0.4 is 10.4 Å². The lowest BCUT2D eigenvalue weighted by atomic mass is 10.2. The van der Waals surface area contributed by atoms with Crippen LogP contribution in [0.5, 0.6) is 0 Å². The Hall–Kier alpha value is -1.86. The summed E-state index contributed by atoms with van der Waals surface area (Å²) in [7, 11) is -1.84. The molecule has 2 aromatic carbocycles. The van der Waals surface area contributed by atoms with Crippen molar-refractivity contribution in [1.29, 1.82) is 0 Å². The van der Waals surface area contributed by atoms with Gasteiger partial charge in [0.1, 0.15) is 8.07 Å². The first-order valence-corrected chi connectivity index (χ1v) is 10.4. The van der Waals surface area contributed by atoms with Gasteiger partial charge in [0, 0.05) is 0 Å². The summed E-state index contributed by atoms with van der Waals surface area (Å²) in [4.78, 5) is 0. The fraction of sp³-hybridized carbons (Fsp3) is 0.238. The van der Waals surface area contributed by atoms with Crippen LogP contribution in [-0.2, 0) is 0 Å². The average Bonchev–Trinajstić information content (AvgIpc) is 2.98. The molecule has 0 heterocycles. The minimum atomic E-state index is -1.84. The largest absolute Gasteiger partial charge is 0.144 e. The fourth-order valence-electron chi connectivity index (χ4n) is 3.69. The van der Waals surface area contributed by atoms with Crippen LogP contribution in [0.4, 0.5) is 0 Å². The van der Waals surface area contributed by atoms with Crippen LogP contribution >= 0.6 is 0 Å². The van der Waals surface area contributed by atoms with E-state index in [2.05, 4.69) is 87.5 Å². The van der Waals surface area contributed by atoms with Crippen LogP contribution in [0.1, 0.15) is 25.8 Å². The highest BCUT2D eigenvalue weighted by Crippen LogP contribution is 2.29. The van der Waals surface area contributed by atoms with Crippen molar-refractivity contribution in [2.24, 2.45) is 0 Å². The van der Waals surface area contributed by atoms with Gasteiger partial charge in [-0.1, -0.05) is 90.0 Å². The predicted octanol–water partition coefficient (Wildman–Crippen LogP) is 4.39. The Morgan fingerprint density at radius 2 is 1.50 bits per heavy atom. The zero-order chi connectivity index (χ0) is 15.6. The molecule has 1 aliphatic rings. The lowest BCUT2D eigenvalue weighted by Crippen LogP contribution is -2.59. The molecule has 0 aromatic heterocycles. The van der Waals surface area contributed by atoms with Crippen molar-refractivity contribution in [2.45, 2.75) is 33.2 Å². The fourth-order valence-corrected chi connectivity index (χ4v) is 8.46. The summed E-state index contributed by atoms with van der Waals surface area (Å²) >= 11 is 0. The molecule has 0 saturated heterocycles. The molecule has 112 valence electrons. The first kappa shape index (κ1) is 15.0. The van der Waals surface area contributed by atoms with Gasteiger partial charge < -0.3 is 0 Å². The van der Waals surface area contributed by atoms with Gasteiger partial charge >= 0.3 is 0 Å². The van der Waals surface area contributed by atoms with Crippen LogP contribution in [-0.4, -0.2) is 8.07 Å². The third-order valence-corrected chi connectivity index (χ3v) is 10.1. The zero-order valence-electron chi connectivity index (χ0n) is 13.8. The highest BCUT2D eigenvalue weighted by molar-refractivity contribution is 7.07. The van der Waals surface area contributed by atoms with Gasteiger partial charge in [0.05, 0.1) is 0 Å². The van der Waals surface area contributed by atoms with Crippen molar-refractivity contribution in [2.75, 3.05) is 0 Å². The average molecular weight is 305 g/mol. The summed E-state index contributed by atoms with van der Waals surface area (Å²) in [5, 5.41) is 4.74. The summed E-state index contributed by atoms with van der Waals surface area (Å²) in [6.07, 6.45) is 5.95. The van der Waals surface area contributed by atoms with Gasteiger partial charge in [-0.05, 0) is 36.7 Å². The molecular weight excluding hydrogens is 280 g/mol. The van der Waals surface area contributed by atoms with Crippen molar-refractivity contribution in [3.8, 4) is 0 Å². The van der Waals surface area contributed by atoms with Crippen molar-refractivity contribution in [3.63, 3.8) is 0 Å². The van der Waals surface area contributed by atoms with E-state index in [1.807, 2.05) is 0 Å². The number of rotatable bonds is 4. The topological polar surface area (TPSA) is 0 Å². The summed E-state index contributed by atoms with van der Waals surface area (Å²) in [6, 6.07) is 21.7. The normalized spacial score (nSPS) is 16.9. The lowest BCUT2D eigenvalue weighted by Gasteiger charge is -2.34. The molecule has 3 rings (SSSR count). The molecule has 1 atom stereocenters. The maximum atomic E-state index is 2.45. The molecule has 0 nitrogen and oxygen atoms in total. The monoisotopic (exact) mass is 304 g/mol. The molecule has 0 amide bonds. The Balaban J connectivity index is 2.21. The Bertz CT molecular complexity index is 707. The van der Waals surface area contributed by atoms with E-state index >= 15 is 0 Å². The maximum Gasteiger partial charge on any atom is 0.144 e. The van der Waals surface area contributed by atoms with Crippen molar-refractivity contribution < 1.29 is 0 Å². The molecule has 1 heteroatoms. The highest BCUT2D eigenvalue weighted by atomic mass is 28.3. The Morgan fingerprint density at radius 1 is 0.864 bits per heavy atom. The molecule has 0 spiro atoms. The zero-order valence-corrected chi connectivity index (χ0v) is 14.8. The highest BCUT2D eigenvalue weighted by Gasteiger charge is 2.39. The molecule has 1 aliphatic carbocycles. The third kappa shape index (κ3) is 2.50. The third-order valence-electron chi connectivity index (χ3n) is 4.94. The standard InChI is InChI=1S/C21H24Si/c1-4-22(19-8-6-5-7-9-19,21-15-12-18(3)16-21)20-13-10-17(2)11-14-20/h5-14,16H,4,15H2,1-3H3. The van der Waals surface area contributed by atoms with Crippen LogP contribution in [0.25, 0.3) is 0 Å². The van der Waals surface area contributed by atoms with Gasteiger partial charge in [0.15, 0.2) is 0 Å². The summed E-state index contributed by atoms with van der Waals surface area (Å²) in [5.41, 5.74) is 2.76. The van der Waals surface area contributed by atoms with E-state index in [1.54, 1.807) is 10.4 Å². The number of allylic oxidation sites excluding steroid dienone is 4. The minimum Gasteiger partial charge on any atom is -0.0779 e. The van der Waals surface area contributed by atoms with E-state index in [9.17, 15) is 0 Å². The molecule has 0 aliphatic heterocycles. The molecule has 0 radical (unpaired) electrons. The number of aryl methyl sites for hydroxylation is 1. The number of hydrogen-bond acceptors (Lipinski definition) is 0. The predicted molar refractivity (Wildman–Crippen MR) is 99.6 cm³/mol. The maximum absolute atomic E-state index is 2.45. The van der Waals surface area contributed by atoms with E-state index in [-0.39, 0.29) is 0 Å². The second-order valence-corrected chi connectivity index (χ2v) is 10.6. The van der Waals surface area contributed by atoms with Crippen LogP contribution in [0.15, 0.2) is 77.5 Å². The Morgan fingerprint density at radius 3 is 2.05 bits per heavy atom. The molecular formula is C21H24Si. The summed E-state index contributed by atoms with van der Waals surface area (Å²) < 4.78 is 0. The van der Waals surface area contributed by atoms with Crippen LogP contribution in [0.2, 0.25) is 6.04 Å². The second kappa shape index (κ2) is 6.10. The molecule has 0 saturated carbocycles. The van der Waals surface area contributed by atoms with Crippen molar-refractivity contribution in [1.82, 2.24) is 0 Å². The Kier molecular flexibility index (Phi) is 4.17. The van der Waals surface area contributed by atoms with Crippen molar-refractivity contribution in [3.05, 3.63) is 83.1 Å². The van der Waals surface area contributed by atoms with Crippen molar-refractivity contribution >= 4 is 18.4 Å². The lowest BCUT2D eigenvalue weighted by molar-refractivity contribution is 1.30. The van der Waals surface area contributed by atoms with E-state index < -0.39 is 8.07 Å². The van der Waals surface area contributed by atoms with Crippen LogP contribution in [0.3, 0.4) is 0 Å². The van der Waals surface area contributed by atoms with Gasteiger partial charge in [-0.15, -0.1) is 0 Å². The van der Waals surface area contributed by atoms with Crippen LogP contribution in [0, 0.1) is 6.92 Å². The SMILES string of the molecule is CC[Si](C1=CC(C)=CC1)(c1ccccc1)c1ccc(C)cc1. The first-order valence-electron chi connectivity index (χ1n) is 8.17. The molecule has 1 unspecified atom stereocenters. The number of hydrogen-bond donors (Lipinski definition) is 0. The van der Waals surface area contributed by atoms with Gasteiger partial charge in [-0.25, -0.2) is 0 Å². The summed E-state index contributed by atoms with van der Waals surface area (Å²) in [5.74, 6) is 0. The molecule has 0 bridgehead atoms.